The van der Waals surface area contributed by atoms with E-state index in [0.717, 1.165) is 12.1 Å². The highest BCUT2D eigenvalue weighted by molar-refractivity contribution is 8.40. The van der Waals surface area contributed by atoms with Gasteiger partial charge in [0.25, 0.3) is 5.91 Å². The number of benzene rings is 2. The molecule has 0 aliphatic carbocycles. The van der Waals surface area contributed by atoms with Gasteiger partial charge in [0.2, 0.25) is 0 Å². The van der Waals surface area contributed by atoms with Gasteiger partial charge >= 0.3 is 6.18 Å². The molecule has 1 heterocycles. The third-order valence-corrected chi connectivity index (χ3v) is 5.86. The lowest BCUT2D eigenvalue weighted by Crippen LogP contribution is -2.08. The Kier molecular flexibility index (Phi) is 6.43. The molecule has 0 saturated heterocycles. The number of alkyl halides is 3. The Morgan fingerprint density at radius 1 is 1.17 bits per heavy atom. The molecule has 2 aromatic rings. The highest BCUT2D eigenvalue weighted by atomic mass is 32.2. The van der Waals surface area contributed by atoms with E-state index in [0.29, 0.717) is 14.8 Å². The summed E-state index contributed by atoms with van der Waals surface area (Å²) in [6.07, 6.45) is -1.26. The van der Waals surface area contributed by atoms with Crippen LogP contribution in [-0.2, 0) is 11.0 Å². The molecule has 30 heavy (non-hydrogen) atoms. The number of hydrogen-bond acceptors (Lipinski definition) is 6. The van der Waals surface area contributed by atoms with Crippen molar-refractivity contribution in [3.8, 4) is 23.3 Å². The maximum Gasteiger partial charge on any atom is 0.420 e. The predicted molar refractivity (Wildman–Crippen MR) is 111 cm³/mol. The number of carbonyl (C=O) groups is 1. The van der Waals surface area contributed by atoms with Crippen molar-refractivity contribution >= 4 is 39.9 Å². The van der Waals surface area contributed by atoms with E-state index in [2.05, 4.69) is 4.99 Å². The van der Waals surface area contributed by atoms with Crippen LogP contribution in [0.15, 0.2) is 46.3 Å². The van der Waals surface area contributed by atoms with Gasteiger partial charge in [0, 0.05) is 0 Å². The van der Waals surface area contributed by atoms with Crippen molar-refractivity contribution in [2.45, 2.75) is 6.18 Å². The Labute approximate surface area is 178 Å². The third kappa shape index (κ3) is 4.80. The van der Waals surface area contributed by atoms with Gasteiger partial charge in [-0.15, -0.1) is 11.8 Å². The summed E-state index contributed by atoms with van der Waals surface area (Å²) in [6.45, 7) is 0. The average Bonchev–Trinajstić information content (AvgIpc) is 3.08. The van der Waals surface area contributed by atoms with Crippen molar-refractivity contribution in [2.75, 3.05) is 13.4 Å². The van der Waals surface area contributed by atoms with Gasteiger partial charge in [0.05, 0.1) is 29.2 Å². The van der Waals surface area contributed by atoms with Crippen LogP contribution in [0.2, 0.25) is 0 Å². The summed E-state index contributed by atoms with van der Waals surface area (Å²) in [6, 6.07) is 9.32. The number of aliphatic imine (C=N–C) groups is 1. The Morgan fingerprint density at radius 3 is 2.50 bits per heavy atom. The molecule has 0 saturated carbocycles. The highest BCUT2D eigenvalue weighted by Gasteiger charge is 2.35. The molecular formula is C20H13F3N2O3S2. The van der Waals surface area contributed by atoms with Crippen molar-refractivity contribution in [1.82, 2.24) is 0 Å². The van der Waals surface area contributed by atoms with Gasteiger partial charge in [0.15, 0.2) is 11.5 Å². The van der Waals surface area contributed by atoms with Crippen molar-refractivity contribution in [1.29, 1.82) is 5.26 Å². The molecule has 0 radical (unpaired) electrons. The second-order valence-electron chi connectivity index (χ2n) is 5.83. The van der Waals surface area contributed by atoms with Gasteiger partial charge in [-0.1, -0.05) is 17.8 Å². The SMILES string of the molecule is COc1cc(/C=C2/SC(SC)=NC2=O)ccc1Oc1ccc(C#N)cc1C(F)(F)F. The smallest absolute Gasteiger partial charge is 0.420 e. The fourth-order valence-corrected chi connectivity index (χ4v) is 3.94. The quantitative estimate of drug-likeness (QED) is 0.556. The summed E-state index contributed by atoms with van der Waals surface area (Å²) < 4.78 is 51.4. The number of hydrogen-bond donors (Lipinski definition) is 0. The Balaban J connectivity index is 1.92. The summed E-state index contributed by atoms with van der Waals surface area (Å²) in [5.41, 5.74) is -0.595. The molecule has 0 bridgehead atoms. The molecule has 0 N–H and O–H groups in total. The summed E-state index contributed by atoms with van der Waals surface area (Å²) in [4.78, 5) is 16.2. The van der Waals surface area contributed by atoms with E-state index < -0.39 is 17.5 Å². The van der Waals surface area contributed by atoms with Crippen LogP contribution in [0.1, 0.15) is 16.7 Å². The van der Waals surface area contributed by atoms with E-state index in [1.807, 2.05) is 6.26 Å². The summed E-state index contributed by atoms with van der Waals surface area (Å²) in [5.74, 6) is -0.564. The van der Waals surface area contributed by atoms with Crippen LogP contribution in [0.25, 0.3) is 6.08 Å². The first-order chi connectivity index (χ1) is 14.2. The Bertz CT molecular complexity index is 1110. The van der Waals surface area contributed by atoms with Crippen molar-refractivity contribution < 1.29 is 27.4 Å². The largest absolute Gasteiger partial charge is 0.493 e. The van der Waals surface area contributed by atoms with Crippen molar-refractivity contribution in [3.63, 3.8) is 0 Å². The Hall–Kier alpha value is -2.90. The number of halogens is 3. The topological polar surface area (TPSA) is 71.7 Å². The van der Waals surface area contributed by atoms with Gasteiger partial charge in [-0.05, 0) is 48.2 Å². The van der Waals surface area contributed by atoms with Crippen molar-refractivity contribution in [3.05, 3.63) is 58.0 Å². The van der Waals surface area contributed by atoms with Crippen molar-refractivity contribution in [2.24, 2.45) is 4.99 Å². The molecule has 0 fully saturated rings. The zero-order valence-electron chi connectivity index (χ0n) is 15.6. The first kappa shape index (κ1) is 21.8. The van der Waals surface area contributed by atoms with E-state index >= 15 is 0 Å². The van der Waals surface area contributed by atoms with Gasteiger partial charge in [-0.2, -0.15) is 23.4 Å². The molecule has 0 spiro atoms. The highest BCUT2D eigenvalue weighted by Crippen LogP contribution is 2.41. The van der Waals surface area contributed by atoms with E-state index in [4.69, 9.17) is 14.7 Å². The molecule has 10 heteroatoms. The van der Waals surface area contributed by atoms with Crippen LogP contribution < -0.4 is 9.47 Å². The van der Waals surface area contributed by atoms with Crippen LogP contribution in [0.3, 0.4) is 0 Å². The van der Waals surface area contributed by atoms with Crippen LogP contribution >= 0.6 is 23.5 Å². The van der Waals surface area contributed by atoms with Gasteiger partial charge in [-0.25, -0.2) is 0 Å². The summed E-state index contributed by atoms with van der Waals surface area (Å²) >= 11 is 2.61. The number of carbonyl (C=O) groups excluding carboxylic acids is 1. The minimum Gasteiger partial charge on any atom is -0.493 e. The second-order valence-corrected chi connectivity index (χ2v) is 7.91. The van der Waals surface area contributed by atoms with Gasteiger partial charge < -0.3 is 9.47 Å². The lowest BCUT2D eigenvalue weighted by Gasteiger charge is -2.16. The number of thioether (sulfide) groups is 2. The van der Waals surface area contributed by atoms with E-state index in [-0.39, 0.29) is 23.0 Å². The maximum atomic E-state index is 13.4. The molecule has 0 unspecified atom stereocenters. The molecular weight excluding hydrogens is 437 g/mol. The molecule has 2 aromatic carbocycles. The number of methoxy groups -OCH3 is 1. The molecule has 0 aromatic heterocycles. The fourth-order valence-electron chi connectivity index (χ4n) is 2.52. The van der Waals surface area contributed by atoms with Crippen LogP contribution in [0.4, 0.5) is 13.2 Å². The third-order valence-electron chi connectivity index (χ3n) is 3.89. The maximum absolute atomic E-state index is 13.4. The van der Waals surface area contributed by atoms with Gasteiger partial charge in [0.1, 0.15) is 10.1 Å². The molecule has 1 amide bonds. The predicted octanol–water partition coefficient (Wildman–Crippen LogP) is 5.71. The van der Waals surface area contributed by atoms with Crippen LogP contribution in [0, 0.1) is 11.3 Å². The summed E-state index contributed by atoms with van der Waals surface area (Å²) in [5, 5.41) is 8.87. The first-order valence-corrected chi connectivity index (χ1v) is 10.3. The van der Waals surface area contributed by atoms with Gasteiger partial charge in [-0.3, -0.25) is 4.79 Å². The molecule has 5 nitrogen and oxygen atoms in total. The molecule has 0 atom stereocenters. The number of ether oxygens (including phenoxy) is 2. The lowest BCUT2D eigenvalue weighted by atomic mass is 10.1. The standard InChI is InChI=1S/C20H13F3N2O3S2/c1-27-16-8-11(9-17-18(26)25-19(29-2)30-17)3-6-15(16)28-14-5-4-12(10-24)7-13(14)20(21,22)23/h3-9H,1-2H3/b17-9+. The zero-order valence-corrected chi connectivity index (χ0v) is 17.2. The minimum absolute atomic E-state index is 0.0568. The van der Waals surface area contributed by atoms with E-state index in [1.165, 1.54) is 42.8 Å². The van der Waals surface area contributed by atoms with E-state index in [1.54, 1.807) is 24.3 Å². The molecule has 3 rings (SSSR count). The Morgan fingerprint density at radius 2 is 1.90 bits per heavy atom. The average molecular weight is 450 g/mol. The first-order valence-electron chi connectivity index (χ1n) is 8.29. The molecule has 154 valence electrons. The molecule has 1 aliphatic heterocycles. The van der Waals surface area contributed by atoms with Crippen LogP contribution in [-0.4, -0.2) is 23.6 Å². The number of rotatable bonds is 4. The normalized spacial score (nSPS) is 15.1. The number of nitrogens with zero attached hydrogens (tertiary/aromatic N) is 2. The second kappa shape index (κ2) is 8.85. The number of nitriles is 1. The molecule has 1 aliphatic rings. The number of amides is 1. The van der Waals surface area contributed by atoms with Crippen LogP contribution in [0.5, 0.6) is 17.2 Å². The van der Waals surface area contributed by atoms with E-state index in [9.17, 15) is 18.0 Å². The summed E-state index contributed by atoms with van der Waals surface area (Å²) in [7, 11) is 1.35. The lowest BCUT2D eigenvalue weighted by molar-refractivity contribution is -0.138. The monoisotopic (exact) mass is 450 g/mol. The fraction of sp³-hybridized carbons (Fsp3) is 0.150. The zero-order chi connectivity index (χ0) is 21.9. The minimum atomic E-state index is -4.70.